The molecule has 1 aliphatic heterocycles. The number of carbonyl (C=O) groups is 2. The van der Waals surface area contributed by atoms with E-state index in [2.05, 4.69) is 36.8 Å². The van der Waals surface area contributed by atoms with Crippen molar-refractivity contribution in [2.24, 2.45) is 0 Å². The number of nitrogens with zero attached hydrogens (tertiary/aromatic N) is 4. The molecule has 0 radical (unpaired) electrons. The summed E-state index contributed by atoms with van der Waals surface area (Å²) in [7, 11) is 1.26. The molecule has 0 spiro atoms. The Morgan fingerprint density at radius 3 is 2.45 bits per heavy atom. The maximum atomic E-state index is 13.5. The molecule has 4 rings (SSSR count). The standard InChI is InChI=1S/C20H16BrN5O3/c1-11-3-5-12(6-4-11)17-15(18(27)13-7-9-14(21)10-8-13)16(19(28)29-2)22-20-23-24-25-26(17)20/h3-10,17H,1-2H3,(H,22,23,25)/t17-/m0/s1. The fourth-order valence-electron chi connectivity index (χ4n) is 3.20. The molecule has 2 heterocycles. The third-order valence-electron chi connectivity index (χ3n) is 4.65. The van der Waals surface area contributed by atoms with Crippen molar-refractivity contribution in [1.82, 2.24) is 20.2 Å². The Balaban J connectivity index is 1.94. The minimum Gasteiger partial charge on any atom is -0.464 e. The van der Waals surface area contributed by atoms with Gasteiger partial charge in [-0.2, -0.15) is 4.68 Å². The summed E-state index contributed by atoms with van der Waals surface area (Å²) >= 11 is 3.37. The number of ketones is 1. The molecule has 1 aliphatic rings. The Morgan fingerprint density at radius 2 is 1.79 bits per heavy atom. The summed E-state index contributed by atoms with van der Waals surface area (Å²) < 4.78 is 7.26. The summed E-state index contributed by atoms with van der Waals surface area (Å²) in [6, 6.07) is 13.9. The predicted molar refractivity (Wildman–Crippen MR) is 108 cm³/mol. The van der Waals surface area contributed by atoms with Crippen LogP contribution < -0.4 is 5.32 Å². The SMILES string of the molecule is COC(=O)C1=C(C(=O)c2ccc(Br)cc2)[C@H](c2ccc(C)cc2)n2nnnc2N1. The van der Waals surface area contributed by atoms with E-state index < -0.39 is 12.0 Å². The van der Waals surface area contributed by atoms with Gasteiger partial charge in [-0.3, -0.25) is 4.79 Å². The van der Waals surface area contributed by atoms with Crippen molar-refractivity contribution in [2.75, 3.05) is 12.4 Å². The number of hydrogen-bond acceptors (Lipinski definition) is 7. The van der Waals surface area contributed by atoms with Crippen LogP contribution in [0.1, 0.15) is 27.5 Å². The van der Waals surface area contributed by atoms with Crippen LogP contribution in [-0.4, -0.2) is 39.1 Å². The zero-order valence-electron chi connectivity index (χ0n) is 15.6. The smallest absolute Gasteiger partial charge is 0.355 e. The largest absolute Gasteiger partial charge is 0.464 e. The van der Waals surface area contributed by atoms with Crippen molar-refractivity contribution < 1.29 is 14.3 Å². The number of Topliss-reactive ketones (excluding diaryl/α,β-unsaturated/α-hetero) is 1. The molecule has 0 amide bonds. The first kappa shape index (κ1) is 19.0. The minimum absolute atomic E-state index is 0.0216. The van der Waals surface area contributed by atoms with E-state index >= 15 is 0 Å². The minimum atomic E-state index is -0.688. The molecule has 29 heavy (non-hydrogen) atoms. The van der Waals surface area contributed by atoms with E-state index in [1.54, 1.807) is 24.3 Å². The van der Waals surface area contributed by atoms with E-state index in [1.807, 2.05) is 31.2 Å². The van der Waals surface area contributed by atoms with Crippen molar-refractivity contribution in [3.63, 3.8) is 0 Å². The van der Waals surface area contributed by atoms with E-state index in [-0.39, 0.29) is 23.0 Å². The number of esters is 1. The Kier molecular flexibility index (Phi) is 4.98. The molecule has 146 valence electrons. The first-order chi connectivity index (χ1) is 14.0. The summed E-state index contributed by atoms with van der Waals surface area (Å²) in [6.07, 6.45) is 0. The first-order valence-electron chi connectivity index (χ1n) is 8.74. The third kappa shape index (κ3) is 3.44. The maximum absolute atomic E-state index is 13.5. The van der Waals surface area contributed by atoms with Crippen molar-refractivity contribution in [3.05, 3.63) is 81.0 Å². The predicted octanol–water partition coefficient (Wildman–Crippen LogP) is 3.07. The molecule has 8 nitrogen and oxygen atoms in total. The lowest BCUT2D eigenvalue weighted by atomic mass is 9.89. The lowest BCUT2D eigenvalue weighted by Gasteiger charge is -2.28. The van der Waals surface area contributed by atoms with Gasteiger partial charge in [-0.1, -0.05) is 50.9 Å². The van der Waals surface area contributed by atoms with Gasteiger partial charge in [0.2, 0.25) is 5.95 Å². The van der Waals surface area contributed by atoms with Crippen LogP contribution in [0.25, 0.3) is 0 Å². The van der Waals surface area contributed by atoms with Crippen LogP contribution in [0.3, 0.4) is 0 Å². The Bertz CT molecular complexity index is 1120. The van der Waals surface area contributed by atoms with Crippen LogP contribution in [0.2, 0.25) is 0 Å². The summed E-state index contributed by atoms with van der Waals surface area (Å²) in [5, 5.41) is 14.5. The van der Waals surface area contributed by atoms with Crippen molar-refractivity contribution in [2.45, 2.75) is 13.0 Å². The number of hydrogen-bond donors (Lipinski definition) is 1. The van der Waals surface area contributed by atoms with E-state index in [1.165, 1.54) is 11.8 Å². The molecule has 1 N–H and O–H groups in total. The monoisotopic (exact) mass is 453 g/mol. The average Bonchev–Trinajstić information content (AvgIpc) is 3.21. The summed E-state index contributed by atoms with van der Waals surface area (Å²) in [4.78, 5) is 26.1. The topological polar surface area (TPSA) is 99.0 Å². The molecular formula is C20H16BrN5O3. The summed E-state index contributed by atoms with van der Waals surface area (Å²) in [5.41, 5.74) is 2.50. The second kappa shape index (κ2) is 7.59. The van der Waals surface area contributed by atoms with Gasteiger partial charge in [0, 0.05) is 10.0 Å². The molecule has 0 fully saturated rings. The number of tetrazole rings is 1. The van der Waals surface area contributed by atoms with Crippen molar-refractivity contribution in [3.8, 4) is 0 Å². The molecule has 0 saturated carbocycles. The molecule has 1 aromatic heterocycles. The van der Waals surface area contributed by atoms with Crippen LogP contribution in [0.5, 0.6) is 0 Å². The fraction of sp³-hybridized carbons (Fsp3) is 0.150. The molecule has 0 bridgehead atoms. The van der Waals surface area contributed by atoms with Gasteiger partial charge >= 0.3 is 5.97 Å². The number of methoxy groups -OCH3 is 1. The molecule has 3 aromatic rings. The number of nitrogens with one attached hydrogen (secondary N) is 1. The molecule has 9 heteroatoms. The summed E-state index contributed by atoms with van der Waals surface area (Å²) in [5.74, 6) is -0.739. The highest BCUT2D eigenvalue weighted by Crippen LogP contribution is 2.36. The van der Waals surface area contributed by atoms with E-state index in [4.69, 9.17) is 4.74 Å². The number of carbonyl (C=O) groups excluding carboxylic acids is 2. The number of allylic oxidation sites excluding steroid dienone is 1. The third-order valence-corrected chi connectivity index (χ3v) is 5.18. The highest BCUT2D eigenvalue weighted by atomic mass is 79.9. The van der Waals surface area contributed by atoms with Gasteiger partial charge < -0.3 is 10.1 Å². The number of halogens is 1. The molecule has 2 aromatic carbocycles. The van der Waals surface area contributed by atoms with E-state index in [9.17, 15) is 9.59 Å². The first-order valence-corrected chi connectivity index (χ1v) is 9.53. The highest BCUT2D eigenvalue weighted by molar-refractivity contribution is 9.10. The van der Waals surface area contributed by atoms with Gasteiger partial charge in [0.15, 0.2) is 5.78 Å². The molecule has 1 atom stereocenters. The van der Waals surface area contributed by atoms with E-state index in [0.29, 0.717) is 5.56 Å². The maximum Gasteiger partial charge on any atom is 0.355 e. The van der Waals surface area contributed by atoms with Crippen LogP contribution >= 0.6 is 15.9 Å². The Labute approximate surface area is 174 Å². The highest BCUT2D eigenvalue weighted by Gasteiger charge is 2.38. The molecule has 0 unspecified atom stereocenters. The van der Waals surface area contributed by atoms with Crippen molar-refractivity contribution in [1.29, 1.82) is 0 Å². The fourth-order valence-corrected chi connectivity index (χ4v) is 3.47. The number of aryl methyl sites for hydroxylation is 1. The second-order valence-electron chi connectivity index (χ2n) is 6.50. The van der Waals surface area contributed by atoms with Gasteiger partial charge in [-0.25, -0.2) is 4.79 Å². The lowest BCUT2D eigenvalue weighted by Crippen LogP contribution is -2.32. The van der Waals surface area contributed by atoms with Crippen LogP contribution in [0.15, 0.2) is 64.3 Å². The quantitative estimate of drug-likeness (QED) is 0.478. The average molecular weight is 454 g/mol. The van der Waals surface area contributed by atoms with Crippen molar-refractivity contribution >= 4 is 33.6 Å². The van der Waals surface area contributed by atoms with Gasteiger partial charge in [0.05, 0.1) is 12.7 Å². The van der Waals surface area contributed by atoms with Gasteiger partial charge in [0.25, 0.3) is 0 Å². The molecule has 0 saturated heterocycles. The van der Waals surface area contributed by atoms with Crippen LogP contribution in [0.4, 0.5) is 5.95 Å². The normalized spacial score (nSPS) is 15.5. The number of rotatable bonds is 4. The number of fused-ring (bicyclic) bond motifs is 1. The zero-order valence-corrected chi connectivity index (χ0v) is 17.2. The summed E-state index contributed by atoms with van der Waals surface area (Å²) in [6.45, 7) is 1.97. The van der Waals surface area contributed by atoms with Gasteiger partial charge in [0.1, 0.15) is 11.7 Å². The lowest BCUT2D eigenvalue weighted by molar-refractivity contribution is -0.136. The van der Waals surface area contributed by atoms with Crippen LogP contribution in [-0.2, 0) is 9.53 Å². The second-order valence-corrected chi connectivity index (χ2v) is 7.42. The van der Waals surface area contributed by atoms with Gasteiger partial charge in [-0.15, -0.1) is 0 Å². The Morgan fingerprint density at radius 1 is 1.10 bits per heavy atom. The Hall–Kier alpha value is -3.33. The number of anilines is 1. The molecule has 0 aliphatic carbocycles. The molecular weight excluding hydrogens is 438 g/mol. The van der Waals surface area contributed by atoms with E-state index in [0.717, 1.165) is 15.6 Å². The van der Waals surface area contributed by atoms with Gasteiger partial charge in [-0.05, 0) is 47.2 Å². The zero-order chi connectivity index (χ0) is 20.5. The number of benzene rings is 2. The number of ether oxygens (including phenoxy) is 1. The number of aromatic nitrogens is 4. The van der Waals surface area contributed by atoms with Crippen LogP contribution in [0, 0.1) is 6.92 Å².